The van der Waals surface area contributed by atoms with E-state index in [1.54, 1.807) is 0 Å². The highest BCUT2D eigenvalue weighted by Gasteiger charge is 2.17. The van der Waals surface area contributed by atoms with Crippen molar-refractivity contribution < 1.29 is 0 Å². The van der Waals surface area contributed by atoms with Gasteiger partial charge in [0.1, 0.15) is 0 Å². The van der Waals surface area contributed by atoms with Crippen LogP contribution in [0.2, 0.25) is 0 Å². The number of thioether (sulfide) groups is 1. The van der Waals surface area contributed by atoms with Gasteiger partial charge < -0.3 is 5.32 Å². The Kier molecular flexibility index (Phi) is 9.27. The molecular formula is C15H31NS. The van der Waals surface area contributed by atoms with Gasteiger partial charge in [0.25, 0.3) is 0 Å². The minimum atomic E-state index is 0.782. The maximum atomic E-state index is 3.53. The van der Waals surface area contributed by atoms with E-state index in [9.17, 15) is 0 Å². The minimum absolute atomic E-state index is 0.782. The third-order valence-corrected chi connectivity index (χ3v) is 5.07. The van der Waals surface area contributed by atoms with Crippen LogP contribution in [0.1, 0.15) is 64.7 Å². The fourth-order valence-electron chi connectivity index (χ4n) is 2.76. The summed E-state index contributed by atoms with van der Waals surface area (Å²) in [4.78, 5) is 0. The summed E-state index contributed by atoms with van der Waals surface area (Å²) >= 11 is 2.14. The van der Waals surface area contributed by atoms with Crippen LogP contribution in [-0.2, 0) is 0 Å². The molecule has 1 aliphatic rings. The Hall–Kier alpha value is 0.310. The molecule has 0 amide bonds. The van der Waals surface area contributed by atoms with Crippen molar-refractivity contribution in [3.05, 3.63) is 0 Å². The molecule has 1 atom stereocenters. The van der Waals surface area contributed by atoms with E-state index in [0.29, 0.717) is 0 Å². The fourth-order valence-corrected chi connectivity index (χ4v) is 3.96. The Morgan fingerprint density at radius 2 is 1.82 bits per heavy atom. The van der Waals surface area contributed by atoms with Gasteiger partial charge in [-0.05, 0) is 50.2 Å². The van der Waals surface area contributed by atoms with Gasteiger partial charge in [-0.1, -0.05) is 39.0 Å². The first-order valence-corrected chi connectivity index (χ1v) is 8.77. The van der Waals surface area contributed by atoms with Gasteiger partial charge in [-0.3, -0.25) is 0 Å². The van der Waals surface area contributed by atoms with Gasteiger partial charge in [0.2, 0.25) is 0 Å². The highest BCUT2D eigenvalue weighted by Crippen LogP contribution is 2.27. The quantitative estimate of drug-likeness (QED) is 0.612. The van der Waals surface area contributed by atoms with E-state index in [1.807, 2.05) is 0 Å². The van der Waals surface area contributed by atoms with Crippen LogP contribution in [0.25, 0.3) is 0 Å². The third kappa shape index (κ3) is 7.35. The first-order valence-electron chi connectivity index (χ1n) is 7.61. The zero-order valence-electron chi connectivity index (χ0n) is 11.8. The summed E-state index contributed by atoms with van der Waals surface area (Å²) < 4.78 is 0. The third-order valence-electron chi connectivity index (χ3n) is 4.02. The van der Waals surface area contributed by atoms with E-state index in [1.165, 1.54) is 69.3 Å². The summed E-state index contributed by atoms with van der Waals surface area (Å²) in [7, 11) is 2.15. The normalized spacial score (nSPS) is 19.4. The molecule has 0 spiro atoms. The SMILES string of the molecule is CCCCCCCC(CC1CCSCC1)NC. The molecule has 1 rings (SSSR count). The lowest BCUT2D eigenvalue weighted by Crippen LogP contribution is -2.29. The number of nitrogens with one attached hydrogen (secondary N) is 1. The standard InChI is InChI=1S/C15H31NS/c1-3-4-5-6-7-8-15(16-2)13-14-9-11-17-12-10-14/h14-16H,3-13H2,1-2H3. The van der Waals surface area contributed by atoms with Crippen molar-refractivity contribution >= 4 is 11.8 Å². The van der Waals surface area contributed by atoms with Crippen molar-refractivity contribution in [2.45, 2.75) is 70.8 Å². The molecule has 1 nitrogen and oxygen atoms in total. The van der Waals surface area contributed by atoms with E-state index >= 15 is 0 Å². The first-order chi connectivity index (χ1) is 8.36. The van der Waals surface area contributed by atoms with Crippen molar-refractivity contribution in [3.63, 3.8) is 0 Å². The van der Waals surface area contributed by atoms with E-state index in [2.05, 4.69) is 31.1 Å². The summed E-state index contributed by atoms with van der Waals surface area (Å²) in [5.41, 5.74) is 0. The van der Waals surface area contributed by atoms with Crippen LogP contribution in [0.3, 0.4) is 0 Å². The van der Waals surface area contributed by atoms with E-state index in [4.69, 9.17) is 0 Å². The second-order valence-electron chi connectivity index (χ2n) is 5.48. The van der Waals surface area contributed by atoms with Crippen LogP contribution in [0.15, 0.2) is 0 Å². The Labute approximate surface area is 113 Å². The first kappa shape index (κ1) is 15.4. The molecule has 102 valence electrons. The molecule has 1 heterocycles. The number of rotatable bonds is 9. The second kappa shape index (κ2) is 10.3. The van der Waals surface area contributed by atoms with E-state index in [-0.39, 0.29) is 0 Å². The van der Waals surface area contributed by atoms with Gasteiger partial charge in [-0.25, -0.2) is 0 Å². The second-order valence-corrected chi connectivity index (χ2v) is 6.70. The monoisotopic (exact) mass is 257 g/mol. The fraction of sp³-hybridized carbons (Fsp3) is 1.00. The summed E-state index contributed by atoms with van der Waals surface area (Å²) in [6.45, 7) is 2.29. The lowest BCUT2D eigenvalue weighted by Gasteiger charge is -2.26. The van der Waals surface area contributed by atoms with Gasteiger partial charge in [0, 0.05) is 6.04 Å². The Bertz CT molecular complexity index is 166. The molecule has 0 aromatic rings. The van der Waals surface area contributed by atoms with Crippen molar-refractivity contribution in [1.82, 2.24) is 5.32 Å². The molecule has 1 N–H and O–H groups in total. The van der Waals surface area contributed by atoms with E-state index < -0.39 is 0 Å². The summed E-state index contributed by atoms with van der Waals surface area (Å²) in [6, 6.07) is 0.782. The van der Waals surface area contributed by atoms with Gasteiger partial charge in [-0.2, -0.15) is 11.8 Å². The highest BCUT2D eigenvalue weighted by atomic mass is 32.2. The van der Waals surface area contributed by atoms with E-state index in [0.717, 1.165) is 12.0 Å². The predicted molar refractivity (Wildman–Crippen MR) is 80.9 cm³/mol. The van der Waals surface area contributed by atoms with Crippen molar-refractivity contribution in [2.24, 2.45) is 5.92 Å². The molecule has 17 heavy (non-hydrogen) atoms. The molecule has 0 saturated carbocycles. The Morgan fingerprint density at radius 3 is 2.47 bits per heavy atom. The van der Waals surface area contributed by atoms with Crippen molar-refractivity contribution in [2.75, 3.05) is 18.6 Å². The summed E-state index contributed by atoms with van der Waals surface area (Å²) in [6.07, 6.45) is 12.8. The highest BCUT2D eigenvalue weighted by molar-refractivity contribution is 7.99. The molecule has 1 fully saturated rings. The van der Waals surface area contributed by atoms with Gasteiger partial charge in [0.15, 0.2) is 0 Å². The summed E-state index contributed by atoms with van der Waals surface area (Å²) in [5, 5.41) is 3.53. The largest absolute Gasteiger partial charge is 0.317 e. The molecule has 2 heteroatoms. The number of hydrogen-bond donors (Lipinski definition) is 1. The number of unbranched alkanes of at least 4 members (excludes halogenated alkanes) is 4. The van der Waals surface area contributed by atoms with Gasteiger partial charge in [0.05, 0.1) is 0 Å². The molecule has 0 aliphatic carbocycles. The molecule has 1 aliphatic heterocycles. The number of hydrogen-bond acceptors (Lipinski definition) is 2. The van der Waals surface area contributed by atoms with Crippen molar-refractivity contribution in [1.29, 1.82) is 0 Å². The van der Waals surface area contributed by atoms with Crippen LogP contribution in [-0.4, -0.2) is 24.6 Å². The van der Waals surface area contributed by atoms with Gasteiger partial charge >= 0.3 is 0 Å². The average molecular weight is 257 g/mol. The topological polar surface area (TPSA) is 12.0 Å². The van der Waals surface area contributed by atoms with Crippen LogP contribution < -0.4 is 5.32 Å². The van der Waals surface area contributed by atoms with Crippen LogP contribution >= 0.6 is 11.8 Å². The maximum absolute atomic E-state index is 3.53. The molecule has 0 aromatic heterocycles. The maximum Gasteiger partial charge on any atom is 0.00667 e. The molecule has 0 aromatic carbocycles. The van der Waals surface area contributed by atoms with Gasteiger partial charge in [-0.15, -0.1) is 0 Å². The minimum Gasteiger partial charge on any atom is -0.317 e. The predicted octanol–water partition coefficient (Wildman–Crippen LogP) is 4.47. The lowest BCUT2D eigenvalue weighted by molar-refractivity contribution is 0.356. The van der Waals surface area contributed by atoms with Crippen LogP contribution in [0, 0.1) is 5.92 Å². The molecule has 0 radical (unpaired) electrons. The van der Waals surface area contributed by atoms with Crippen molar-refractivity contribution in [3.8, 4) is 0 Å². The molecule has 1 unspecified atom stereocenters. The molecule has 0 bridgehead atoms. The lowest BCUT2D eigenvalue weighted by atomic mass is 9.91. The summed E-state index contributed by atoms with van der Waals surface area (Å²) in [5.74, 6) is 3.80. The zero-order chi connectivity index (χ0) is 12.3. The zero-order valence-corrected chi connectivity index (χ0v) is 12.7. The average Bonchev–Trinajstić information content (AvgIpc) is 2.38. The smallest absolute Gasteiger partial charge is 0.00667 e. The van der Waals surface area contributed by atoms with Crippen LogP contribution in [0.5, 0.6) is 0 Å². The molecular weight excluding hydrogens is 226 g/mol. The Morgan fingerprint density at radius 1 is 1.12 bits per heavy atom. The molecule has 1 saturated heterocycles. The Balaban J connectivity index is 2.05. The van der Waals surface area contributed by atoms with Crippen LogP contribution in [0.4, 0.5) is 0 Å².